The van der Waals surface area contributed by atoms with Gasteiger partial charge in [-0.3, -0.25) is 4.79 Å². The average Bonchev–Trinajstić information content (AvgIpc) is 2.99. The third-order valence-electron chi connectivity index (χ3n) is 7.33. The number of benzene rings is 6. The van der Waals surface area contributed by atoms with Crippen LogP contribution in [0.5, 0.6) is 0 Å². The van der Waals surface area contributed by atoms with Crippen LogP contribution >= 0.6 is 7.14 Å². The molecule has 0 aliphatic carbocycles. The highest BCUT2D eigenvalue weighted by Gasteiger charge is 2.39. The van der Waals surface area contributed by atoms with Crippen LogP contribution in [0, 0.1) is 0 Å². The third-order valence-corrected chi connectivity index (χ3v) is 10.8. The van der Waals surface area contributed by atoms with Crippen LogP contribution in [-0.2, 0) is 4.57 Å². The first-order valence-corrected chi connectivity index (χ1v) is 14.6. The molecule has 0 fully saturated rings. The van der Waals surface area contributed by atoms with E-state index in [0.717, 1.165) is 37.7 Å². The molecule has 0 unspecified atom stereocenters. The average molecular weight is 511 g/mol. The standard InChI is InChI=1S/C35H27O2P/c36-34(28-13-3-1-4-14-28)25-35(29-15-5-2-6-16-29)38(37,32-21-19-26-11-7-9-17-30(26)23-32)33-22-20-27-12-8-10-18-31(27)24-33/h1-24,35H,25H2/t35-/m1/s1. The van der Waals surface area contributed by atoms with Crippen molar-refractivity contribution in [1.29, 1.82) is 0 Å². The van der Waals surface area contributed by atoms with Gasteiger partial charge in [-0.05, 0) is 39.2 Å². The van der Waals surface area contributed by atoms with Crippen LogP contribution < -0.4 is 10.6 Å². The molecule has 0 aliphatic rings. The Kier molecular flexibility index (Phi) is 6.50. The molecule has 0 amide bonds. The van der Waals surface area contributed by atoms with Crippen molar-refractivity contribution >= 4 is 45.1 Å². The summed E-state index contributed by atoms with van der Waals surface area (Å²) < 4.78 is 15.8. The van der Waals surface area contributed by atoms with Crippen LogP contribution in [0.25, 0.3) is 21.5 Å². The molecule has 38 heavy (non-hydrogen) atoms. The minimum atomic E-state index is -3.36. The Morgan fingerprint density at radius 3 is 1.50 bits per heavy atom. The number of ketones is 1. The quantitative estimate of drug-likeness (QED) is 0.160. The number of carbonyl (C=O) groups excluding carboxylic acids is 1. The second kappa shape index (κ2) is 10.2. The molecule has 0 saturated heterocycles. The minimum Gasteiger partial charge on any atom is -0.313 e. The van der Waals surface area contributed by atoms with E-state index < -0.39 is 12.8 Å². The van der Waals surface area contributed by atoms with E-state index in [9.17, 15) is 4.79 Å². The predicted octanol–water partition coefficient (Wildman–Crippen LogP) is 8.32. The maximum atomic E-state index is 15.8. The summed E-state index contributed by atoms with van der Waals surface area (Å²) in [5.74, 6) is -0.0127. The summed E-state index contributed by atoms with van der Waals surface area (Å²) in [6.45, 7) is 0. The van der Waals surface area contributed by atoms with Crippen LogP contribution in [0.3, 0.4) is 0 Å². The normalized spacial score (nSPS) is 12.4. The SMILES string of the molecule is O=C(C[C@H](c1ccccc1)P(=O)(c1ccc2ccccc2c1)c1ccc2ccccc2c1)c1ccccc1. The van der Waals surface area contributed by atoms with Crippen molar-refractivity contribution in [3.8, 4) is 0 Å². The molecule has 0 aliphatic heterocycles. The van der Waals surface area contributed by atoms with E-state index in [1.54, 1.807) is 0 Å². The van der Waals surface area contributed by atoms with Crippen LogP contribution in [-0.4, -0.2) is 5.78 Å². The fourth-order valence-corrected chi connectivity index (χ4v) is 8.61. The molecule has 0 N–H and O–H groups in total. The molecule has 1 atom stereocenters. The van der Waals surface area contributed by atoms with Gasteiger partial charge in [0.2, 0.25) is 0 Å². The number of Topliss-reactive ketones (excluding diaryl/α,β-unsaturated/α-hetero) is 1. The largest absolute Gasteiger partial charge is 0.313 e. The van der Waals surface area contributed by atoms with E-state index in [1.165, 1.54) is 0 Å². The summed E-state index contributed by atoms with van der Waals surface area (Å²) in [7, 11) is -3.36. The maximum absolute atomic E-state index is 15.8. The van der Waals surface area contributed by atoms with Gasteiger partial charge >= 0.3 is 0 Å². The van der Waals surface area contributed by atoms with E-state index in [0.29, 0.717) is 5.56 Å². The van der Waals surface area contributed by atoms with E-state index in [1.807, 2.05) is 121 Å². The maximum Gasteiger partial charge on any atom is 0.163 e. The molecule has 0 spiro atoms. The first kappa shape index (κ1) is 24.1. The Bertz CT molecular complexity index is 1710. The smallest absolute Gasteiger partial charge is 0.163 e. The number of fused-ring (bicyclic) bond motifs is 2. The summed E-state index contributed by atoms with van der Waals surface area (Å²) >= 11 is 0. The molecule has 0 aromatic heterocycles. The van der Waals surface area contributed by atoms with Crippen molar-refractivity contribution < 1.29 is 9.36 Å². The van der Waals surface area contributed by atoms with E-state index in [4.69, 9.17) is 0 Å². The number of hydrogen-bond acceptors (Lipinski definition) is 2. The van der Waals surface area contributed by atoms with Crippen LogP contribution in [0.15, 0.2) is 146 Å². The number of rotatable bonds is 7. The molecule has 6 rings (SSSR count). The molecule has 2 nitrogen and oxygen atoms in total. The summed E-state index contributed by atoms with van der Waals surface area (Å²) in [4.78, 5) is 13.6. The zero-order valence-corrected chi connectivity index (χ0v) is 21.8. The van der Waals surface area contributed by atoms with Gasteiger partial charge in [-0.1, -0.05) is 133 Å². The van der Waals surface area contributed by atoms with Gasteiger partial charge in [0.15, 0.2) is 12.9 Å². The predicted molar refractivity (Wildman–Crippen MR) is 159 cm³/mol. The van der Waals surface area contributed by atoms with Gasteiger partial charge in [0.25, 0.3) is 0 Å². The molecule has 6 aromatic carbocycles. The third kappa shape index (κ3) is 4.49. The lowest BCUT2D eigenvalue weighted by Gasteiger charge is -2.29. The second-order valence-electron chi connectivity index (χ2n) is 9.64. The highest BCUT2D eigenvalue weighted by Crippen LogP contribution is 2.59. The summed E-state index contributed by atoms with van der Waals surface area (Å²) in [6.07, 6.45) is 0.144. The van der Waals surface area contributed by atoms with Gasteiger partial charge < -0.3 is 4.57 Å². The molecule has 0 saturated carbocycles. The molecule has 0 heterocycles. The van der Waals surface area contributed by atoms with Crippen LogP contribution in [0.1, 0.15) is 28.0 Å². The van der Waals surface area contributed by atoms with Crippen molar-refractivity contribution in [2.75, 3.05) is 0 Å². The van der Waals surface area contributed by atoms with Crippen molar-refractivity contribution in [3.05, 3.63) is 157 Å². The fourth-order valence-electron chi connectivity index (χ4n) is 5.32. The van der Waals surface area contributed by atoms with Gasteiger partial charge in [-0.2, -0.15) is 0 Å². The fraction of sp³-hybridized carbons (Fsp3) is 0.0571. The van der Waals surface area contributed by atoms with E-state index >= 15 is 4.57 Å². The summed E-state index contributed by atoms with van der Waals surface area (Å²) in [6, 6.07) is 47.6. The molecule has 184 valence electrons. The Balaban J connectivity index is 1.60. The van der Waals surface area contributed by atoms with Gasteiger partial charge in [-0.25, -0.2) is 0 Å². The van der Waals surface area contributed by atoms with Crippen molar-refractivity contribution in [3.63, 3.8) is 0 Å². The van der Waals surface area contributed by atoms with Gasteiger partial charge in [-0.15, -0.1) is 0 Å². The number of hydrogen-bond donors (Lipinski definition) is 0. The lowest BCUT2D eigenvalue weighted by atomic mass is 10.0. The highest BCUT2D eigenvalue weighted by atomic mass is 31.2. The Labute approximate surface area is 223 Å². The lowest BCUT2D eigenvalue weighted by Crippen LogP contribution is -2.23. The van der Waals surface area contributed by atoms with Crippen molar-refractivity contribution in [2.24, 2.45) is 0 Å². The Morgan fingerprint density at radius 1 is 0.526 bits per heavy atom. The zero-order valence-electron chi connectivity index (χ0n) is 20.9. The van der Waals surface area contributed by atoms with Crippen LogP contribution in [0.2, 0.25) is 0 Å². The Hall–Kier alpha value is -4.26. The monoisotopic (exact) mass is 510 g/mol. The van der Waals surface area contributed by atoms with Gasteiger partial charge in [0, 0.05) is 22.6 Å². The van der Waals surface area contributed by atoms with Crippen molar-refractivity contribution in [1.82, 2.24) is 0 Å². The second-order valence-corrected chi connectivity index (χ2v) is 12.6. The zero-order chi connectivity index (χ0) is 26.0. The first-order chi connectivity index (χ1) is 18.6. The number of carbonyl (C=O) groups is 1. The summed E-state index contributed by atoms with van der Waals surface area (Å²) in [5, 5.41) is 5.79. The molecular weight excluding hydrogens is 483 g/mol. The molecular formula is C35H27O2P. The molecule has 0 bridgehead atoms. The Morgan fingerprint density at radius 2 is 0.974 bits per heavy atom. The highest BCUT2D eigenvalue weighted by molar-refractivity contribution is 7.79. The van der Waals surface area contributed by atoms with Crippen LogP contribution in [0.4, 0.5) is 0 Å². The topological polar surface area (TPSA) is 34.1 Å². The molecule has 0 radical (unpaired) electrons. The van der Waals surface area contributed by atoms with Gasteiger partial charge in [0.05, 0.1) is 5.66 Å². The van der Waals surface area contributed by atoms with E-state index in [-0.39, 0.29) is 12.2 Å². The lowest BCUT2D eigenvalue weighted by molar-refractivity contribution is 0.0981. The molecule has 6 aromatic rings. The summed E-state index contributed by atoms with van der Waals surface area (Å²) in [5.41, 5.74) is 1.03. The van der Waals surface area contributed by atoms with Crippen molar-refractivity contribution in [2.45, 2.75) is 12.1 Å². The van der Waals surface area contributed by atoms with Gasteiger partial charge in [0.1, 0.15) is 0 Å². The first-order valence-electron chi connectivity index (χ1n) is 12.8. The minimum absolute atomic E-state index is 0.0127. The molecule has 3 heteroatoms. The van der Waals surface area contributed by atoms with E-state index in [2.05, 4.69) is 24.3 Å².